The minimum absolute atomic E-state index is 0.0127. The topological polar surface area (TPSA) is 61.9 Å². The minimum Gasteiger partial charge on any atom is -0.336 e. The molecular weight excluding hydrogens is 240 g/mol. The summed E-state index contributed by atoms with van der Waals surface area (Å²) in [5, 5.41) is 6.99. The Labute approximate surface area is 113 Å². The highest BCUT2D eigenvalue weighted by atomic mass is 16.2. The predicted molar refractivity (Wildman–Crippen MR) is 71.9 cm³/mol. The number of hydrogen-bond acceptors (Lipinski definition) is 3. The van der Waals surface area contributed by atoms with Crippen molar-refractivity contribution in [2.24, 2.45) is 5.41 Å². The highest BCUT2D eigenvalue weighted by Crippen LogP contribution is 2.38. The molecule has 5 nitrogen and oxygen atoms in total. The summed E-state index contributed by atoms with van der Waals surface area (Å²) < 4.78 is 0. The molecule has 1 aliphatic heterocycles. The van der Waals surface area contributed by atoms with E-state index in [0.717, 1.165) is 31.8 Å². The number of H-pyrrole nitrogens is 1. The number of piperidine rings is 1. The quantitative estimate of drug-likeness (QED) is 0.909. The lowest BCUT2D eigenvalue weighted by atomic mass is 9.78. The highest BCUT2D eigenvalue weighted by Gasteiger charge is 2.33. The van der Waals surface area contributed by atoms with Crippen molar-refractivity contribution in [2.75, 3.05) is 13.1 Å². The first-order valence-electron chi connectivity index (χ1n) is 7.33. The van der Waals surface area contributed by atoms with Crippen LogP contribution in [0.1, 0.15) is 68.3 Å². The highest BCUT2D eigenvalue weighted by molar-refractivity contribution is 5.90. The van der Waals surface area contributed by atoms with Gasteiger partial charge in [0.25, 0.3) is 5.91 Å². The summed E-state index contributed by atoms with van der Waals surface area (Å²) in [6.07, 6.45) is 5.68. The molecule has 1 saturated carbocycles. The van der Waals surface area contributed by atoms with Crippen LogP contribution in [-0.2, 0) is 0 Å². The number of hydrogen-bond donors (Lipinski definition) is 1. The molecule has 1 N–H and O–H groups in total. The normalized spacial score (nSPS) is 22.5. The number of nitrogens with one attached hydrogen (secondary N) is 1. The van der Waals surface area contributed by atoms with Crippen LogP contribution in [0.5, 0.6) is 0 Å². The van der Waals surface area contributed by atoms with E-state index in [4.69, 9.17) is 0 Å². The van der Waals surface area contributed by atoms with E-state index in [2.05, 4.69) is 29.0 Å². The van der Waals surface area contributed by atoms with Crippen LogP contribution in [0.15, 0.2) is 0 Å². The molecule has 2 heterocycles. The molecule has 0 aromatic carbocycles. The zero-order chi connectivity index (χ0) is 13.5. The summed E-state index contributed by atoms with van der Waals surface area (Å²) in [5.41, 5.74) is 0.398. The van der Waals surface area contributed by atoms with Crippen molar-refractivity contribution >= 4 is 5.91 Å². The van der Waals surface area contributed by atoms with Gasteiger partial charge in [0.05, 0.1) is 0 Å². The third-order valence-electron chi connectivity index (χ3n) is 4.77. The van der Waals surface area contributed by atoms with Crippen molar-refractivity contribution in [1.29, 1.82) is 0 Å². The molecular formula is C14H22N4O. The summed E-state index contributed by atoms with van der Waals surface area (Å²) in [6.45, 7) is 6.20. The van der Waals surface area contributed by atoms with Crippen molar-refractivity contribution in [3.63, 3.8) is 0 Å². The fourth-order valence-corrected chi connectivity index (χ4v) is 2.65. The molecule has 3 rings (SSSR count). The number of aromatic amines is 1. The van der Waals surface area contributed by atoms with E-state index >= 15 is 0 Å². The van der Waals surface area contributed by atoms with Crippen LogP contribution < -0.4 is 0 Å². The van der Waals surface area contributed by atoms with Crippen LogP contribution in [0, 0.1) is 5.41 Å². The van der Waals surface area contributed by atoms with Gasteiger partial charge in [-0.2, -0.15) is 0 Å². The largest absolute Gasteiger partial charge is 0.336 e. The van der Waals surface area contributed by atoms with Gasteiger partial charge in [-0.3, -0.25) is 9.89 Å². The number of carbonyl (C=O) groups excluding carboxylic acids is 1. The molecule has 19 heavy (non-hydrogen) atoms. The third-order valence-corrected chi connectivity index (χ3v) is 4.77. The average Bonchev–Trinajstić information content (AvgIpc) is 3.17. The SMILES string of the molecule is CCC1(C)CCN(C(=O)c2n[nH]c(C3CC3)n2)CC1. The van der Waals surface area contributed by atoms with Gasteiger partial charge < -0.3 is 4.90 Å². The maximum absolute atomic E-state index is 12.3. The van der Waals surface area contributed by atoms with Crippen molar-refractivity contribution < 1.29 is 4.79 Å². The van der Waals surface area contributed by atoms with Gasteiger partial charge in [-0.15, -0.1) is 5.10 Å². The van der Waals surface area contributed by atoms with Gasteiger partial charge in [0.2, 0.25) is 5.82 Å². The number of rotatable bonds is 3. The summed E-state index contributed by atoms with van der Waals surface area (Å²) in [4.78, 5) is 18.6. The van der Waals surface area contributed by atoms with E-state index < -0.39 is 0 Å². The molecule has 0 unspecified atom stereocenters. The molecule has 0 bridgehead atoms. The van der Waals surface area contributed by atoms with E-state index in [0.29, 0.717) is 17.2 Å². The molecule has 1 saturated heterocycles. The van der Waals surface area contributed by atoms with Gasteiger partial charge in [-0.05, 0) is 31.1 Å². The van der Waals surface area contributed by atoms with Gasteiger partial charge in [0, 0.05) is 19.0 Å². The van der Waals surface area contributed by atoms with Gasteiger partial charge in [0.1, 0.15) is 5.82 Å². The Morgan fingerprint density at radius 3 is 2.68 bits per heavy atom. The summed E-state index contributed by atoms with van der Waals surface area (Å²) in [5.74, 6) is 1.74. The summed E-state index contributed by atoms with van der Waals surface area (Å²) in [7, 11) is 0. The van der Waals surface area contributed by atoms with Gasteiger partial charge >= 0.3 is 0 Å². The van der Waals surface area contributed by atoms with Crippen molar-refractivity contribution in [3.8, 4) is 0 Å². The molecule has 1 aromatic heterocycles. The van der Waals surface area contributed by atoms with E-state index in [1.54, 1.807) is 0 Å². The molecule has 0 spiro atoms. The number of nitrogens with zero attached hydrogens (tertiary/aromatic N) is 3. The van der Waals surface area contributed by atoms with E-state index in [9.17, 15) is 4.79 Å². The maximum atomic E-state index is 12.3. The molecule has 1 aromatic rings. The fourth-order valence-electron chi connectivity index (χ4n) is 2.65. The Morgan fingerprint density at radius 2 is 2.11 bits per heavy atom. The Bertz CT molecular complexity index is 470. The van der Waals surface area contributed by atoms with Crippen LogP contribution in [0.3, 0.4) is 0 Å². The lowest BCUT2D eigenvalue weighted by Crippen LogP contribution is -2.42. The smallest absolute Gasteiger partial charge is 0.293 e. The Hall–Kier alpha value is -1.39. The number of amides is 1. The molecule has 5 heteroatoms. The van der Waals surface area contributed by atoms with Crippen LogP contribution in [0.2, 0.25) is 0 Å². The van der Waals surface area contributed by atoms with Crippen LogP contribution >= 0.6 is 0 Å². The number of aromatic nitrogens is 3. The maximum Gasteiger partial charge on any atom is 0.293 e. The van der Waals surface area contributed by atoms with Crippen molar-refractivity contribution in [2.45, 2.75) is 51.9 Å². The predicted octanol–water partition coefficient (Wildman–Crippen LogP) is 2.33. The van der Waals surface area contributed by atoms with Crippen LogP contribution in [0.25, 0.3) is 0 Å². The zero-order valence-electron chi connectivity index (χ0n) is 11.8. The molecule has 104 valence electrons. The Morgan fingerprint density at radius 1 is 1.42 bits per heavy atom. The number of likely N-dealkylation sites (tertiary alicyclic amines) is 1. The third kappa shape index (κ3) is 2.51. The van der Waals surface area contributed by atoms with Crippen molar-refractivity contribution in [3.05, 3.63) is 11.6 Å². The molecule has 2 fully saturated rings. The molecule has 2 aliphatic rings. The summed E-state index contributed by atoms with van der Waals surface area (Å²) in [6, 6.07) is 0. The van der Waals surface area contributed by atoms with Gasteiger partial charge in [0.15, 0.2) is 0 Å². The zero-order valence-corrected chi connectivity index (χ0v) is 11.8. The molecule has 1 amide bonds. The minimum atomic E-state index is -0.0127. The second kappa shape index (κ2) is 4.62. The number of carbonyl (C=O) groups is 1. The average molecular weight is 262 g/mol. The van der Waals surface area contributed by atoms with Crippen LogP contribution in [-0.4, -0.2) is 39.1 Å². The standard InChI is InChI=1S/C14H22N4O/c1-3-14(2)6-8-18(9-7-14)13(19)12-15-11(16-17-12)10-4-5-10/h10H,3-9H2,1-2H3,(H,15,16,17). The molecule has 0 atom stereocenters. The van der Waals surface area contributed by atoms with Gasteiger partial charge in [-0.1, -0.05) is 20.3 Å². The first kappa shape index (κ1) is 12.6. The lowest BCUT2D eigenvalue weighted by Gasteiger charge is -2.38. The molecule has 1 aliphatic carbocycles. The van der Waals surface area contributed by atoms with E-state index in [1.165, 1.54) is 19.3 Å². The summed E-state index contributed by atoms with van der Waals surface area (Å²) >= 11 is 0. The fraction of sp³-hybridized carbons (Fsp3) is 0.786. The van der Waals surface area contributed by atoms with Crippen molar-refractivity contribution in [1.82, 2.24) is 20.1 Å². The monoisotopic (exact) mass is 262 g/mol. The van der Waals surface area contributed by atoms with Gasteiger partial charge in [-0.25, -0.2) is 4.98 Å². The van der Waals surface area contributed by atoms with E-state index in [-0.39, 0.29) is 5.91 Å². The van der Waals surface area contributed by atoms with Crippen LogP contribution in [0.4, 0.5) is 0 Å². The Kier molecular flexibility index (Phi) is 3.07. The molecule has 0 radical (unpaired) electrons. The lowest BCUT2D eigenvalue weighted by molar-refractivity contribution is 0.0589. The second-order valence-corrected chi connectivity index (χ2v) is 6.27. The Balaban J connectivity index is 1.64. The first-order valence-corrected chi connectivity index (χ1v) is 7.33. The first-order chi connectivity index (χ1) is 9.11. The van der Waals surface area contributed by atoms with E-state index in [1.807, 2.05) is 4.90 Å². The second-order valence-electron chi connectivity index (χ2n) is 6.27.